The van der Waals surface area contributed by atoms with Gasteiger partial charge >= 0.3 is 0 Å². The quantitative estimate of drug-likeness (QED) is 0.556. The topological polar surface area (TPSA) is 0 Å². The molecule has 0 aromatic heterocycles. The largest absolute Gasteiger partial charge is 0.0843 e. The first-order valence-electron chi connectivity index (χ1n) is 8.51. The third-order valence-electron chi connectivity index (χ3n) is 2.43. The molecule has 82 valence electrons. The van der Waals surface area contributed by atoms with Gasteiger partial charge in [0.15, 0.2) is 0 Å². The maximum Gasteiger partial charge on any atom is 0.0629 e. The lowest BCUT2D eigenvalue weighted by Crippen LogP contribution is -1.80. The van der Waals surface area contributed by atoms with Gasteiger partial charge in [-0.1, -0.05) is 66.0 Å². The van der Waals surface area contributed by atoms with Gasteiger partial charge in [0.25, 0.3) is 0 Å². The van der Waals surface area contributed by atoms with Crippen molar-refractivity contribution < 1.29 is 9.60 Å². The summed E-state index contributed by atoms with van der Waals surface area (Å²) in [6, 6.07) is 3.88. The molecule has 0 atom stereocenters. The molecule has 0 heterocycles. The lowest BCUT2D eigenvalue weighted by Gasteiger charge is -2.06. The van der Waals surface area contributed by atoms with E-state index in [4.69, 9.17) is 21.2 Å². The molecule has 0 saturated carbocycles. The van der Waals surface area contributed by atoms with Gasteiger partial charge in [-0.25, -0.2) is 0 Å². The zero-order chi connectivity index (χ0) is 17.8. The molecular formula is C16H11Cl. The molecule has 0 amide bonds. The Hall–Kier alpha value is -1.79. The first-order valence-corrected chi connectivity index (χ1v) is 5.39. The van der Waals surface area contributed by atoms with Crippen LogP contribution in [0.4, 0.5) is 0 Å². The number of hydrogen-bond donors (Lipinski definition) is 0. The monoisotopic (exact) mass is 245 g/mol. The molecule has 0 unspecified atom stereocenters. The summed E-state index contributed by atoms with van der Waals surface area (Å²) < 4.78 is 56.2. The van der Waals surface area contributed by atoms with E-state index in [2.05, 4.69) is 0 Å². The molecular weight excluding hydrogens is 228 g/mol. The molecule has 1 heteroatoms. The van der Waals surface area contributed by atoms with Crippen molar-refractivity contribution in [2.75, 3.05) is 0 Å². The average molecular weight is 246 g/mol. The van der Waals surface area contributed by atoms with Gasteiger partial charge in [0, 0.05) is 5.02 Å². The van der Waals surface area contributed by atoms with Crippen LogP contribution in [0.3, 0.4) is 0 Å². The van der Waals surface area contributed by atoms with Crippen molar-refractivity contribution in [3.63, 3.8) is 0 Å². The van der Waals surface area contributed by atoms with E-state index in [-0.39, 0.29) is 46.5 Å². The van der Waals surface area contributed by atoms with Gasteiger partial charge in [0.2, 0.25) is 0 Å². The Morgan fingerprint density at radius 3 is 2.65 bits per heavy atom. The molecule has 0 saturated heterocycles. The summed E-state index contributed by atoms with van der Waals surface area (Å²) in [4.78, 5) is 0. The molecule has 0 nitrogen and oxygen atoms in total. The molecule has 0 spiro atoms. The second-order valence-electron chi connectivity index (χ2n) is 3.51. The first kappa shape index (κ1) is 5.24. The summed E-state index contributed by atoms with van der Waals surface area (Å²) in [7, 11) is 0. The van der Waals surface area contributed by atoms with Crippen LogP contribution in [-0.2, 0) is 0 Å². The van der Waals surface area contributed by atoms with Gasteiger partial charge < -0.3 is 0 Å². The van der Waals surface area contributed by atoms with E-state index >= 15 is 0 Å². The van der Waals surface area contributed by atoms with Crippen LogP contribution in [0.5, 0.6) is 0 Å². The molecule has 0 radical (unpaired) electrons. The highest BCUT2D eigenvalue weighted by Crippen LogP contribution is 2.29. The standard InChI is InChI=1S/C16H11Cl/c17-14-8-3-7-13(11-14)16-10-4-6-12-5-1-2-9-15(12)16/h1-11H/i1D,2D,4D,5D,6D,9D,10D. The lowest BCUT2D eigenvalue weighted by molar-refractivity contribution is 1.65. The third kappa shape index (κ3) is 1.92. The minimum Gasteiger partial charge on any atom is -0.0843 e. The molecule has 0 aliphatic rings. The zero-order valence-corrected chi connectivity index (χ0v) is 9.44. The van der Waals surface area contributed by atoms with Crippen molar-refractivity contribution >= 4 is 22.4 Å². The van der Waals surface area contributed by atoms with Crippen LogP contribution in [0, 0.1) is 0 Å². The Balaban J connectivity index is 2.64. The summed E-state index contributed by atoms with van der Waals surface area (Å²) in [5, 5.41) is 0.411. The van der Waals surface area contributed by atoms with E-state index in [9.17, 15) is 0 Å². The maximum atomic E-state index is 8.21. The fraction of sp³-hybridized carbons (Fsp3) is 0. The maximum absolute atomic E-state index is 8.21. The van der Waals surface area contributed by atoms with Crippen molar-refractivity contribution in [1.29, 1.82) is 0 Å². The molecule has 17 heavy (non-hydrogen) atoms. The number of rotatable bonds is 1. The molecule has 3 aromatic carbocycles. The molecule has 0 aliphatic carbocycles. The summed E-state index contributed by atoms with van der Waals surface area (Å²) >= 11 is 6.00. The Morgan fingerprint density at radius 2 is 1.76 bits per heavy atom. The van der Waals surface area contributed by atoms with Gasteiger partial charge in [0.05, 0.1) is 9.60 Å². The smallest absolute Gasteiger partial charge is 0.0629 e. The van der Waals surface area contributed by atoms with Gasteiger partial charge in [-0.15, -0.1) is 0 Å². The first-order chi connectivity index (χ1) is 11.3. The number of hydrogen-bond acceptors (Lipinski definition) is 0. The second kappa shape index (κ2) is 4.23. The minimum absolute atomic E-state index is 0.0584. The van der Waals surface area contributed by atoms with Crippen LogP contribution in [0.2, 0.25) is 5.02 Å². The van der Waals surface area contributed by atoms with E-state index in [0.29, 0.717) is 10.6 Å². The second-order valence-corrected chi connectivity index (χ2v) is 3.95. The van der Waals surface area contributed by atoms with Crippen molar-refractivity contribution in [3.05, 3.63) is 71.6 Å². The van der Waals surface area contributed by atoms with Crippen LogP contribution >= 0.6 is 11.6 Å². The Kier molecular flexibility index (Phi) is 1.30. The Bertz CT molecular complexity index is 990. The number of halogens is 1. The predicted octanol–water partition coefficient (Wildman–Crippen LogP) is 5.16. The van der Waals surface area contributed by atoms with E-state index in [1.54, 1.807) is 24.3 Å². The molecule has 3 rings (SSSR count). The summed E-state index contributed by atoms with van der Waals surface area (Å²) in [5.41, 5.74) is 0.650. The average Bonchev–Trinajstić information content (AvgIpc) is 2.55. The lowest BCUT2D eigenvalue weighted by atomic mass is 9.98. The molecule has 3 aromatic rings. The summed E-state index contributed by atoms with van der Waals surface area (Å²) in [6.45, 7) is 0. The summed E-state index contributed by atoms with van der Waals surface area (Å²) in [5.74, 6) is 0. The normalized spacial score (nSPS) is 16.4. The van der Waals surface area contributed by atoms with E-state index in [1.807, 2.05) is 0 Å². The van der Waals surface area contributed by atoms with Crippen LogP contribution in [0.25, 0.3) is 21.9 Å². The van der Waals surface area contributed by atoms with Gasteiger partial charge in [-0.3, -0.25) is 0 Å². The van der Waals surface area contributed by atoms with Gasteiger partial charge in [-0.2, -0.15) is 0 Å². The van der Waals surface area contributed by atoms with Crippen molar-refractivity contribution in [1.82, 2.24) is 0 Å². The van der Waals surface area contributed by atoms with Crippen molar-refractivity contribution in [2.24, 2.45) is 0 Å². The highest BCUT2D eigenvalue weighted by molar-refractivity contribution is 6.30. The highest BCUT2D eigenvalue weighted by Gasteiger charge is 2.02. The minimum atomic E-state index is -0.463. The van der Waals surface area contributed by atoms with E-state index < -0.39 is 12.1 Å². The van der Waals surface area contributed by atoms with Crippen LogP contribution in [0.1, 0.15) is 9.60 Å². The van der Waals surface area contributed by atoms with Crippen molar-refractivity contribution in [3.8, 4) is 11.1 Å². The van der Waals surface area contributed by atoms with Crippen LogP contribution < -0.4 is 0 Å². The van der Waals surface area contributed by atoms with Crippen molar-refractivity contribution in [2.45, 2.75) is 0 Å². The van der Waals surface area contributed by atoms with Crippen LogP contribution in [0.15, 0.2) is 66.6 Å². The van der Waals surface area contributed by atoms with E-state index in [0.717, 1.165) is 0 Å². The third-order valence-corrected chi connectivity index (χ3v) is 2.66. The number of benzene rings is 3. The summed E-state index contributed by atoms with van der Waals surface area (Å²) in [6.07, 6.45) is 0. The fourth-order valence-electron chi connectivity index (χ4n) is 1.67. The predicted molar refractivity (Wildman–Crippen MR) is 74.4 cm³/mol. The zero-order valence-electron chi connectivity index (χ0n) is 15.7. The van der Waals surface area contributed by atoms with Gasteiger partial charge in [0.1, 0.15) is 0 Å². The Morgan fingerprint density at radius 1 is 0.941 bits per heavy atom. The Labute approximate surface area is 115 Å². The molecule has 0 bridgehead atoms. The number of fused-ring (bicyclic) bond motifs is 1. The van der Waals surface area contributed by atoms with Crippen LogP contribution in [-0.4, -0.2) is 0 Å². The fourth-order valence-corrected chi connectivity index (χ4v) is 1.86. The molecule has 0 N–H and O–H groups in total. The highest BCUT2D eigenvalue weighted by atomic mass is 35.5. The van der Waals surface area contributed by atoms with E-state index in [1.165, 1.54) is 0 Å². The SMILES string of the molecule is [2H]c1c([2H])c([2H])c2c(-c3cccc(Cl)c3)c([2H])c([2H])c([2H])c2c1[2H]. The molecule has 0 fully saturated rings. The molecule has 0 aliphatic heterocycles. The van der Waals surface area contributed by atoms with Gasteiger partial charge in [-0.05, 0) is 34.0 Å².